The number of aldehydes is 1. The average molecular weight is 314 g/mol. The number of fused-ring (bicyclic) bond motifs is 1. The van der Waals surface area contributed by atoms with Gasteiger partial charge in [-0.3, -0.25) is 0 Å². The normalized spacial score (nSPS) is 33.8. The van der Waals surface area contributed by atoms with Crippen molar-refractivity contribution in [1.82, 2.24) is 0 Å². The lowest BCUT2D eigenvalue weighted by Gasteiger charge is -2.42. The van der Waals surface area contributed by atoms with Gasteiger partial charge in [0.05, 0.1) is 6.61 Å². The van der Waals surface area contributed by atoms with Crippen LogP contribution in [0.5, 0.6) is 0 Å². The summed E-state index contributed by atoms with van der Waals surface area (Å²) in [7, 11) is 1.72. The zero-order chi connectivity index (χ0) is 17.0. The van der Waals surface area contributed by atoms with E-state index in [2.05, 4.69) is 52.8 Å². The molecule has 0 amide bonds. The molecular formula is C21H30O2. The summed E-state index contributed by atoms with van der Waals surface area (Å²) in [6.45, 7) is 12.3. The van der Waals surface area contributed by atoms with Crippen molar-refractivity contribution in [3.05, 3.63) is 34.9 Å². The van der Waals surface area contributed by atoms with Crippen LogP contribution in [0, 0.1) is 11.8 Å². The number of hydrogen-bond acceptors (Lipinski definition) is 2. The number of carbonyl (C=O) groups excluding carboxylic acids is 1. The molecule has 0 aliphatic heterocycles. The van der Waals surface area contributed by atoms with Gasteiger partial charge in [-0.25, -0.2) is 0 Å². The standard InChI is InChI=1S/C21H30O2/c1-19(2)9-10-20(3,4)16-11-14(7-8-15(16)19)21(5)17(12-22)18(21)13-23-6/h7-8,11-12,17-18H,9-10,13H2,1-6H3/t17?,18-,21?/m0/s1. The van der Waals surface area contributed by atoms with Gasteiger partial charge >= 0.3 is 0 Å². The molecular weight excluding hydrogens is 284 g/mol. The number of hydrogen-bond donors (Lipinski definition) is 0. The first-order chi connectivity index (χ1) is 10.7. The summed E-state index contributed by atoms with van der Waals surface area (Å²) in [5, 5.41) is 0. The quantitative estimate of drug-likeness (QED) is 0.771. The highest BCUT2D eigenvalue weighted by atomic mass is 16.5. The van der Waals surface area contributed by atoms with Crippen LogP contribution in [-0.2, 0) is 25.8 Å². The molecule has 1 aromatic rings. The van der Waals surface area contributed by atoms with Crippen LogP contribution < -0.4 is 0 Å². The third-order valence-electron chi connectivity index (χ3n) is 6.75. The van der Waals surface area contributed by atoms with Gasteiger partial charge in [0.1, 0.15) is 6.29 Å². The molecule has 23 heavy (non-hydrogen) atoms. The van der Waals surface area contributed by atoms with Gasteiger partial charge in [-0.1, -0.05) is 52.8 Å². The van der Waals surface area contributed by atoms with Crippen molar-refractivity contribution in [2.75, 3.05) is 13.7 Å². The molecule has 126 valence electrons. The third kappa shape index (κ3) is 2.38. The Morgan fingerprint density at radius 1 is 1.09 bits per heavy atom. The Bertz CT molecular complexity index is 629. The Labute approximate surface area is 140 Å². The predicted octanol–water partition coefficient (Wildman–Crippen LogP) is 4.38. The molecule has 0 N–H and O–H groups in total. The Morgan fingerprint density at radius 2 is 1.70 bits per heavy atom. The Kier molecular flexibility index (Phi) is 3.76. The van der Waals surface area contributed by atoms with E-state index < -0.39 is 0 Å². The summed E-state index contributed by atoms with van der Waals surface area (Å²) in [5.41, 5.74) is 4.64. The minimum Gasteiger partial charge on any atom is -0.384 e. The molecule has 2 heteroatoms. The smallest absolute Gasteiger partial charge is 0.124 e. The second kappa shape index (κ2) is 5.17. The first-order valence-corrected chi connectivity index (χ1v) is 8.78. The lowest BCUT2D eigenvalue weighted by Crippen LogP contribution is -2.34. The van der Waals surface area contributed by atoms with E-state index in [-0.39, 0.29) is 22.2 Å². The Balaban J connectivity index is 2.06. The summed E-state index contributed by atoms with van der Waals surface area (Å²) in [6.07, 6.45) is 3.57. The van der Waals surface area contributed by atoms with Crippen LogP contribution in [0.15, 0.2) is 18.2 Å². The largest absolute Gasteiger partial charge is 0.384 e. The van der Waals surface area contributed by atoms with Crippen molar-refractivity contribution in [3.8, 4) is 0 Å². The zero-order valence-electron chi connectivity index (χ0n) is 15.4. The van der Waals surface area contributed by atoms with Crippen molar-refractivity contribution in [2.45, 2.75) is 63.7 Å². The molecule has 1 saturated carbocycles. The highest BCUT2D eigenvalue weighted by molar-refractivity contribution is 5.66. The SMILES string of the molecule is COC[C@H]1C(C=O)C1(C)c1ccc2c(c1)C(C)(C)CCC2(C)C. The molecule has 0 saturated heterocycles. The first kappa shape index (κ1) is 16.7. The second-order valence-electron chi connectivity index (χ2n) is 9.03. The summed E-state index contributed by atoms with van der Waals surface area (Å²) >= 11 is 0. The van der Waals surface area contributed by atoms with E-state index >= 15 is 0 Å². The van der Waals surface area contributed by atoms with E-state index in [1.165, 1.54) is 29.5 Å². The van der Waals surface area contributed by atoms with Gasteiger partial charge in [-0.05, 0) is 40.4 Å². The summed E-state index contributed by atoms with van der Waals surface area (Å²) in [5.74, 6) is 0.392. The fourth-order valence-electron chi connectivity index (χ4n) is 4.66. The molecule has 0 heterocycles. The van der Waals surface area contributed by atoms with Crippen LogP contribution in [0.3, 0.4) is 0 Å². The molecule has 1 aromatic carbocycles. The maximum atomic E-state index is 11.5. The maximum absolute atomic E-state index is 11.5. The summed E-state index contributed by atoms with van der Waals surface area (Å²) in [4.78, 5) is 11.5. The number of methoxy groups -OCH3 is 1. The molecule has 3 rings (SSSR count). The van der Waals surface area contributed by atoms with Gasteiger partial charge < -0.3 is 9.53 Å². The number of benzene rings is 1. The van der Waals surface area contributed by atoms with Gasteiger partial charge in [0.25, 0.3) is 0 Å². The molecule has 2 aliphatic carbocycles. The van der Waals surface area contributed by atoms with Gasteiger partial charge in [-0.15, -0.1) is 0 Å². The molecule has 2 nitrogen and oxygen atoms in total. The number of carbonyl (C=O) groups is 1. The van der Waals surface area contributed by atoms with Crippen LogP contribution in [0.4, 0.5) is 0 Å². The van der Waals surface area contributed by atoms with E-state index in [1.54, 1.807) is 7.11 Å². The minimum atomic E-state index is -0.0650. The fourth-order valence-corrected chi connectivity index (χ4v) is 4.66. The van der Waals surface area contributed by atoms with E-state index in [4.69, 9.17) is 4.74 Å². The molecule has 2 unspecified atom stereocenters. The van der Waals surface area contributed by atoms with Gasteiger partial charge in [0, 0.05) is 24.4 Å². The molecule has 0 radical (unpaired) electrons. The molecule has 0 spiro atoms. The molecule has 1 fully saturated rings. The third-order valence-corrected chi connectivity index (χ3v) is 6.75. The highest BCUT2D eigenvalue weighted by Crippen LogP contribution is 2.59. The van der Waals surface area contributed by atoms with Crippen molar-refractivity contribution in [3.63, 3.8) is 0 Å². The number of rotatable bonds is 4. The highest BCUT2D eigenvalue weighted by Gasteiger charge is 2.62. The average Bonchev–Trinajstić information content (AvgIpc) is 3.09. The van der Waals surface area contributed by atoms with Crippen molar-refractivity contribution in [1.29, 1.82) is 0 Å². The summed E-state index contributed by atoms with van der Waals surface area (Å²) < 4.78 is 5.34. The maximum Gasteiger partial charge on any atom is 0.124 e. The molecule has 3 atom stereocenters. The lowest BCUT2D eigenvalue weighted by atomic mass is 9.62. The topological polar surface area (TPSA) is 26.3 Å². The first-order valence-electron chi connectivity index (χ1n) is 8.78. The second-order valence-corrected chi connectivity index (χ2v) is 9.03. The minimum absolute atomic E-state index is 0.0650. The van der Waals surface area contributed by atoms with Gasteiger partial charge in [-0.2, -0.15) is 0 Å². The van der Waals surface area contributed by atoms with Crippen LogP contribution in [-0.4, -0.2) is 20.0 Å². The molecule has 0 aromatic heterocycles. The van der Waals surface area contributed by atoms with E-state index in [1.807, 2.05) is 0 Å². The van der Waals surface area contributed by atoms with Crippen molar-refractivity contribution in [2.24, 2.45) is 11.8 Å². The number of ether oxygens (including phenoxy) is 1. The Hall–Kier alpha value is -1.15. The van der Waals surface area contributed by atoms with E-state index in [0.29, 0.717) is 12.5 Å². The van der Waals surface area contributed by atoms with Crippen LogP contribution in [0.1, 0.15) is 64.2 Å². The van der Waals surface area contributed by atoms with Crippen LogP contribution in [0.25, 0.3) is 0 Å². The van der Waals surface area contributed by atoms with Crippen LogP contribution in [0.2, 0.25) is 0 Å². The molecule has 2 aliphatic rings. The Morgan fingerprint density at radius 3 is 2.26 bits per heavy atom. The fraction of sp³-hybridized carbons (Fsp3) is 0.667. The van der Waals surface area contributed by atoms with E-state index in [0.717, 1.165) is 6.29 Å². The van der Waals surface area contributed by atoms with Gasteiger partial charge in [0.15, 0.2) is 0 Å². The summed E-state index contributed by atoms with van der Waals surface area (Å²) in [6, 6.07) is 6.97. The zero-order valence-corrected chi connectivity index (χ0v) is 15.4. The predicted molar refractivity (Wildman–Crippen MR) is 94.0 cm³/mol. The van der Waals surface area contributed by atoms with Crippen molar-refractivity contribution >= 4 is 6.29 Å². The lowest BCUT2D eigenvalue weighted by molar-refractivity contribution is -0.109. The monoisotopic (exact) mass is 314 g/mol. The van der Waals surface area contributed by atoms with Crippen molar-refractivity contribution < 1.29 is 9.53 Å². The van der Waals surface area contributed by atoms with Gasteiger partial charge in [0.2, 0.25) is 0 Å². The van der Waals surface area contributed by atoms with Crippen LogP contribution >= 0.6 is 0 Å². The van der Waals surface area contributed by atoms with E-state index in [9.17, 15) is 4.79 Å². The molecule has 0 bridgehead atoms.